The Kier molecular flexibility index (Phi) is 3.72. The van der Waals surface area contributed by atoms with Crippen LogP contribution < -0.4 is 11.5 Å². The van der Waals surface area contributed by atoms with Crippen molar-refractivity contribution in [2.45, 2.75) is 39.8 Å². The zero-order chi connectivity index (χ0) is 13.2. The van der Waals surface area contributed by atoms with Gasteiger partial charge in [-0.05, 0) is 39.3 Å². The first kappa shape index (κ1) is 13.4. The monoisotopic (exact) mass is 237 g/mol. The van der Waals surface area contributed by atoms with Crippen molar-refractivity contribution in [2.24, 2.45) is 5.73 Å². The zero-order valence-corrected chi connectivity index (χ0v) is 10.7. The van der Waals surface area contributed by atoms with Crippen molar-refractivity contribution in [2.75, 3.05) is 5.73 Å². The quantitative estimate of drug-likeness (QED) is 0.758. The Morgan fingerprint density at radius 2 is 2.06 bits per heavy atom. The second-order valence-electron chi connectivity index (χ2n) is 4.88. The van der Waals surface area contributed by atoms with Gasteiger partial charge in [0, 0.05) is 12.2 Å². The molecule has 0 amide bonds. The van der Waals surface area contributed by atoms with Crippen LogP contribution in [-0.4, -0.2) is 16.6 Å². The van der Waals surface area contributed by atoms with Gasteiger partial charge in [0.1, 0.15) is 5.60 Å². The molecule has 0 spiro atoms. The molecule has 4 N–H and O–H groups in total. The van der Waals surface area contributed by atoms with E-state index in [1.807, 2.05) is 0 Å². The van der Waals surface area contributed by atoms with Crippen molar-refractivity contribution >= 4 is 11.7 Å². The lowest BCUT2D eigenvalue weighted by Crippen LogP contribution is -2.25. The fourth-order valence-electron chi connectivity index (χ4n) is 1.36. The van der Waals surface area contributed by atoms with Crippen LogP contribution >= 0.6 is 0 Å². The third-order valence-electron chi connectivity index (χ3n) is 2.16. The minimum atomic E-state index is -0.564. The normalized spacial score (nSPS) is 11.4. The Bertz CT molecular complexity index is 436. The molecule has 0 aliphatic carbocycles. The number of pyridine rings is 1. The molecule has 1 aromatic heterocycles. The standard InChI is InChI=1S/C12H19N3O2/c1-7-8(6-13)5-9(14)10(15-7)11(16)17-12(2,3)4/h5H,6,13-14H2,1-4H3. The highest BCUT2D eigenvalue weighted by Gasteiger charge is 2.21. The number of carbonyl (C=O) groups excluding carboxylic acids is 1. The van der Waals surface area contributed by atoms with Crippen LogP contribution in [0.5, 0.6) is 0 Å². The molecule has 0 bridgehead atoms. The van der Waals surface area contributed by atoms with Gasteiger partial charge >= 0.3 is 5.97 Å². The summed E-state index contributed by atoms with van der Waals surface area (Å²) in [7, 11) is 0. The fraction of sp³-hybridized carbons (Fsp3) is 0.500. The van der Waals surface area contributed by atoms with Crippen LogP contribution in [0.4, 0.5) is 5.69 Å². The number of carbonyl (C=O) groups is 1. The number of hydrogen-bond donors (Lipinski definition) is 2. The largest absolute Gasteiger partial charge is 0.455 e. The number of nitrogen functional groups attached to an aromatic ring is 1. The Balaban J connectivity index is 3.07. The molecule has 1 aromatic rings. The van der Waals surface area contributed by atoms with Crippen molar-refractivity contribution < 1.29 is 9.53 Å². The highest BCUT2D eigenvalue weighted by atomic mass is 16.6. The predicted molar refractivity (Wildman–Crippen MR) is 66.4 cm³/mol. The van der Waals surface area contributed by atoms with Gasteiger partial charge in [-0.3, -0.25) is 0 Å². The lowest BCUT2D eigenvalue weighted by molar-refractivity contribution is 0.00640. The molecule has 0 aliphatic heterocycles. The van der Waals surface area contributed by atoms with Gasteiger partial charge in [0.25, 0.3) is 0 Å². The van der Waals surface area contributed by atoms with Gasteiger partial charge < -0.3 is 16.2 Å². The van der Waals surface area contributed by atoms with Crippen LogP contribution in [0.1, 0.15) is 42.5 Å². The summed E-state index contributed by atoms with van der Waals surface area (Å²) in [6.07, 6.45) is 0. The van der Waals surface area contributed by atoms with E-state index in [1.54, 1.807) is 33.8 Å². The molecule has 5 nitrogen and oxygen atoms in total. The fourth-order valence-corrected chi connectivity index (χ4v) is 1.36. The lowest BCUT2D eigenvalue weighted by Gasteiger charge is -2.20. The van der Waals surface area contributed by atoms with Gasteiger partial charge in [-0.15, -0.1) is 0 Å². The number of ether oxygens (including phenoxy) is 1. The van der Waals surface area contributed by atoms with Crippen LogP contribution in [0, 0.1) is 6.92 Å². The average Bonchev–Trinajstić information content (AvgIpc) is 2.18. The third-order valence-corrected chi connectivity index (χ3v) is 2.16. The van der Waals surface area contributed by atoms with Crippen molar-refractivity contribution in [3.05, 3.63) is 23.0 Å². The maximum Gasteiger partial charge on any atom is 0.359 e. The van der Waals surface area contributed by atoms with Gasteiger partial charge in [0.2, 0.25) is 0 Å². The van der Waals surface area contributed by atoms with Crippen molar-refractivity contribution in [1.82, 2.24) is 4.98 Å². The number of anilines is 1. The second kappa shape index (κ2) is 4.71. The van der Waals surface area contributed by atoms with E-state index in [0.29, 0.717) is 17.9 Å². The average molecular weight is 237 g/mol. The van der Waals surface area contributed by atoms with Gasteiger partial charge in [0.15, 0.2) is 5.69 Å². The lowest BCUT2D eigenvalue weighted by atomic mass is 10.1. The molecular weight excluding hydrogens is 218 g/mol. The topological polar surface area (TPSA) is 91.2 Å². The van der Waals surface area contributed by atoms with Gasteiger partial charge in [-0.1, -0.05) is 0 Å². The summed E-state index contributed by atoms with van der Waals surface area (Å²) in [5, 5.41) is 0. The molecule has 0 radical (unpaired) electrons. The van der Waals surface area contributed by atoms with Gasteiger partial charge in [0.05, 0.1) is 5.69 Å². The predicted octanol–water partition coefficient (Wildman–Crippen LogP) is 1.39. The van der Waals surface area contributed by atoms with Crippen LogP contribution in [0.25, 0.3) is 0 Å². The summed E-state index contributed by atoms with van der Waals surface area (Å²) in [6, 6.07) is 1.67. The Labute approximate surface area is 101 Å². The first-order valence-electron chi connectivity index (χ1n) is 5.44. The van der Waals surface area contributed by atoms with Crippen LogP contribution in [0.2, 0.25) is 0 Å². The van der Waals surface area contributed by atoms with Crippen molar-refractivity contribution in [3.8, 4) is 0 Å². The minimum absolute atomic E-state index is 0.148. The summed E-state index contributed by atoms with van der Waals surface area (Å²) in [5.41, 5.74) is 12.7. The van der Waals surface area contributed by atoms with Crippen LogP contribution in [0.3, 0.4) is 0 Å². The zero-order valence-electron chi connectivity index (χ0n) is 10.7. The molecule has 0 saturated carbocycles. The molecule has 5 heteroatoms. The summed E-state index contributed by atoms with van der Waals surface area (Å²) in [4.78, 5) is 16.0. The first-order chi connectivity index (χ1) is 7.74. The number of rotatable bonds is 2. The van der Waals surface area contributed by atoms with E-state index in [2.05, 4.69) is 4.98 Å². The maximum absolute atomic E-state index is 11.8. The number of aromatic nitrogens is 1. The van der Waals surface area contributed by atoms with Crippen molar-refractivity contribution in [1.29, 1.82) is 0 Å². The van der Waals surface area contributed by atoms with Gasteiger partial charge in [-0.25, -0.2) is 9.78 Å². The first-order valence-corrected chi connectivity index (χ1v) is 5.44. The molecule has 0 fully saturated rings. The van der Waals surface area contributed by atoms with E-state index in [4.69, 9.17) is 16.2 Å². The number of esters is 1. The van der Waals surface area contributed by atoms with E-state index in [1.165, 1.54) is 0 Å². The SMILES string of the molecule is Cc1nc(C(=O)OC(C)(C)C)c(N)cc1CN. The third kappa shape index (κ3) is 3.42. The van der Waals surface area contributed by atoms with E-state index >= 15 is 0 Å². The number of nitrogens with two attached hydrogens (primary N) is 2. The van der Waals surface area contributed by atoms with E-state index < -0.39 is 11.6 Å². The molecule has 0 saturated heterocycles. The van der Waals surface area contributed by atoms with Crippen molar-refractivity contribution in [3.63, 3.8) is 0 Å². The van der Waals surface area contributed by atoms with Crippen LogP contribution in [0.15, 0.2) is 6.07 Å². The molecule has 0 aromatic carbocycles. The Hall–Kier alpha value is -1.62. The molecule has 0 atom stereocenters. The maximum atomic E-state index is 11.8. The molecular formula is C12H19N3O2. The summed E-state index contributed by atoms with van der Waals surface area (Å²) in [6.45, 7) is 7.51. The summed E-state index contributed by atoms with van der Waals surface area (Å²) >= 11 is 0. The molecule has 0 unspecified atom stereocenters. The number of hydrogen-bond acceptors (Lipinski definition) is 5. The Morgan fingerprint density at radius 1 is 1.47 bits per heavy atom. The molecule has 0 aliphatic rings. The van der Waals surface area contributed by atoms with E-state index in [-0.39, 0.29) is 5.69 Å². The highest BCUT2D eigenvalue weighted by Crippen LogP contribution is 2.18. The molecule has 1 heterocycles. The Morgan fingerprint density at radius 3 is 2.53 bits per heavy atom. The molecule has 1 rings (SSSR count). The smallest absolute Gasteiger partial charge is 0.359 e. The summed E-state index contributed by atoms with van der Waals surface area (Å²) in [5.74, 6) is -0.512. The van der Waals surface area contributed by atoms with E-state index in [0.717, 1.165) is 5.56 Å². The molecule has 94 valence electrons. The van der Waals surface area contributed by atoms with Gasteiger partial charge in [-0.2, -0.15) is 0 Å². The number of aryl methyl sites for hydroxylation is 1. The minimum Gasteiger partial charge on any atom is -0.455 e. The number of nitrogens with zero attached hydrogens (tertiary/aromatic N) is 1. The van der Waals surface area contributed by atoms with E-state index in [9.17, 15) is 4.79 Å². The molecule has 17 heavy (non-hydrogen) atoms. The summed E-state index contributed by atoms with van der Waals surface area (Å²) < 4.78 is 5.22. The van der Waals surface area contributed by atoms with Crippen LogP contribution in [-0.2, 0) is 11.3 Å². The highest BCUT2D eigenvalue weighted by molar-refractivity contribution is 5.93. The second-order valence-corrected chi connectivity index (χ2v) is 4.88.